The molecule has 3 heteroatoms. The molecule has 0 spiro atoms. The molecular formula is C12H13NO2. The van der Waals surface area contributed by atoms with Gasteiger partial charge >= 0.3 is 0 Å². The van der Waals surface area contributed by atoms with Crippen LogP contribution in [0.15, 0.2) is 41.3 Å². The Morgan fingerprint density at radius 3 is 2.87 bits per heavy atom. The van der Waals surface area contributed by atoms with Crippen LogP contribution in [0.2, 0.25) is 0 Å². The summed E-state index contributed by atoms with van der Waals surface area (Å²) in [6.07, 6.45) is 1.81. The van der Waals surface area contributed by atoms with Crippen molar-refractivity contribution in [2.45, 2.75) is 6.54 Å². The standard InChI is InChI=1S/C12H13NO2/c1-15-9-8-13-7-6-12(14)10-4-2-3-5-11(10)13/h2-7H,8-9H2,1H3. The molecule has 0 saturated heterocycles. The molecule has 0 N–H and O–H groups in total. The van der Waals surface area contributed by atoms with Gasteiger partial charge in [0.05, 0.1) is 12.1 Å². The summed E-state index contributed by atoms with van der Waals surface area (Å²) in [5.41, 5.74) is 1.03. The number of ether oxygens (including phenoxy) is 1. The van der Waals surface area contributed by atoms with Crippen molar-refractivity contribution in [3.63, 3.8) is 0 Å². The Balaban J connectivity index is 2.56. The van der Waals surface area contributed by atoms with E-state index >= 15 is 0 Å². The van der Waals surface area contributed by atoms with Crippen LogP contribution in [0, 0.1) is 0 Å². The SMILES string of the molecule is COCCn1ccc(=O)c2ccccc21. The van der Waals surface area contributed by atoms with Crippen molar-refractivity contribution < 1.29 is 4.74 Å². The smallest absolute Gasteiger partial charge is 0.189 e. The third kappa shape index (κ3) is 1.92. The van der Waals surface area contributed by atoms with E-state index in [0.717, 1.165) is 17.4 Å². The van der Waals surface area contributed by atoms with Crippen molar-refractivity contribution >= 4 is 10.9 Å². The highest BCUT2D eigenvalue weighted by molar-refractivity contribution is 5.78. The maximum Gasteiger partial charge on any atom is 0.189 e. The van der Waals surface area contributed by atoms with Crippen molar-refractivity contribution in [3.05, 3.63) is 46.8 Å². The molecule has 0 aliphatic carbocycles. The maximum absolute atomic E-state index is 11.6. The first kappa shape index (κ1) is 9.93. The van der Waals surface area contributed by atoms with E-state index in [1.165, 1.54) is 0 Å². The van der Waals surface area contributed by atoms with Gasteiger partial charge in [-0.15, -0.1) is 0 Å². The monoisotopic (exact) mass is 203 g/mol. The molecule has 0 amide bonds. The molecule has 0 aliphatic rings. The van der Waals surface area contributed by atoms with Crippen LogP contribution in [0.5, 0.6) is 0 Å². The Morgan fingerprint density at radius 2 is 2.07 bits per heavy atom. The van der Waals surface area contributed by atoms with Crippen molar-refractivity contribution in [1.29, 1.82) is 0 Å². The van der Waals surface area contributed by atoms with Crippen LogP contribution in [-0.4, -0.2) is 18.3 Å². The van der Waals surface area contributed by atoms with Gasteiger partial charge in [0.25, 0.3) is 0 Å². The summed E-state index contributed by atoms with van der Waals surface area (Å²) in [5, 5.41) is 0.760. The van der Waals surface area contributed by atoms with Crippen LogP contribution >= 0.6 is 0 Å². The summed E-state index contributed by atoms with van der Waals surface area (Å²) >= 11 is 0. The molecule has 0 bridgehead atoms. The van der Waals surface area contributed by atoms with E-state index in [9.17, 15) is 4.79 Å². The molecule has 2 aromatic rings. The van der Waals surface area contributed by atoms with Gasteiger partial charge in [0, 0.05) is 31.3 Å². The number of fused-ring (bicyclic) bond motifs is 1. The first-order valence-electron chi connectivity index (χ1n) is 4.90. The van der Waals surface area contributed by atoms with E-state index < -0.39 is 0 Å². The fourth-order valence-corrected chi connectivity index (χ4v) is 1.64. The molecule has 1 aromatic heterocycles. The molecule has 0 atom stereocenters. The minimum Gasteiger partial charge on any atom is -0.383 e. The van der Waals surface area contributed by atoms with Gasteiger partial charge in [0.2, 0.25) is 0 Å². The first-order valence-corrected chi connectivity index (χ1v) is 4.90. The van der Waals surface area contributed by atoms with Gasteiger partial charge < -0.3 is 9.30 Å². The Labute approximate surface area is 87.9 Å². The van der Waals surface area contributed by atoms with Crippen LogP contribution in [0.3, 0.4) is 0 Å². The van der Waals surface area contributed by atoms with E-state index in [2.05, 4.69) is 0 Å². The lowest BCUT2D eigenvalue weighted by molar-refractivity contribution is 0.188. The van der Waals surface area contributed by atoms with Gasteiger partial charge in [-0.05, 0) is 12.1 Å². The van der Waals surface area contributed by atoms with Gasteiger partial charge in [0.15, 0.2) is 5.43 Å². The lowest BCUT2D eigenvalue weighted by atomic mass is 10.2. The highest BCUT2D eigenvalue weighted by Gasteiger charge is 2.00. The predicted octanol–water partition coefficient (Wildman–Crippen LogP) is 1.65. The van der Waals surface area contributed by atoms with Crippen molar-refractivity contribution in [1.82, 2.24) is 4.57 Å². The molecule has 1 aromatic carbocycles. The van der Waals surface area contributed by atoms with Crippen LogP contribution in [0.25, 0.3) is 10.9 Å². The molecule has 1 heterocycles. The van der Waals surface area contributed by atoms with E-state index in [4.69, 9.17) is 4.74 Å². The molecule has 0 aliphatic heterocycles. The summed E-state index contributed by atoms with van der Waals surface area (Å²) in [5.74, 6) is 0. The Bertz CT molecular complexity index is 516. The maximum atomic E-state index is 11.6. The lowest BCUT2D eigenvalue weighted by Crippen LogP contribution is -2.10. The van der Waals surface area contributed by atoms with Crippen LogP contribution in [0.1, 0.15) is 0 Å². The topological polar surface area (TPSA) is 31.2 Å². The second-order valence-corrected chi connectivity index (χ2v) is 3.38. The lowest BCUT2D eigenvalue weighted by Gasteiger charge is -2.09. The average molecular weight is 203 g/mol. The highest BCUT2D eigenvalue weighted by Crippen LogP contribution is 2.08. The molecule has 0 unspecified atom stereocenters. The van der Waals surface area contributed by atoms with Crippen molar-refractivity contribution in [2.75, 3.05) is 13.7 Å². The normalized spacial score (nSPS) is 10.7. The van der Waals surface area contributed by atoms with Crippen LogP contribution in [0.4, 0.5) is 0 Å². The molecule has 15 heavy (non-hydrogen) atoms. The number of methoxy groups -OCH3 is 1. The zero-order chi connectivity index (χ0) is 10.7. The number of benzene rings is 1. The molecule has 3 nitrogen and oxygen atoms in total. The first-order chi connectivity index (χ1) is 7.33. The highest BCUT2D eigenvalue weighted by atomic mass is 16.5. The second-order valence-electron chi connectivity index (χ2n) is 3.38. The third-order valence-electron chi connectivity index (χ3n) is 2.42. The number of pyridine rings is 1. The second kappa shape index (κ2) is 4.28. The van der Waals surface area contributed by atoms with Gasteiger partial charge in [-0.3, -0.25) is 4.79 Å². The van der Waals surface area contributed by atoms with Gasteiger partial charge in [-0.25, -0.2) is 0 Å². The molecular weight excluding hydrogens is 190 g/mol. The third-order valence-corrected chi connectivity index (χ3v) is 2.42. The summed E-state index contributed by atoms with van der Waals surface area (Å²) < 4.78 is 7.05. The summed E-state index contributed by atoms with van der Waals surface area (Å²) in [6, 6.07) is 9.21. The molecule has 2 rings (SSSR count). The summed E-state index contributed by atoms with van der Waals surface area (Å²) in [4.78, 5) is 11.6. The zero-order valence-electron chi connectivity index (χ0n) is 8.64. The van der Waals surface area contributed by atoms with Gasteiger partial charge in [-0.1, -0.05) is 12.1 Å². The number of aromatic nitrogens is 1. The zero-order valence-corrected chi connectivity index (χ0v) is 8.64. The van der Waals surface area contributed by atoms with Crippen molar-refractivity contribution in [3.8, 4) is 0 Å². The fourth-order valence-electron chi connectivity index (χ4n) is 1.64. The molecule has 78 valence electrons. The van der Waals surface area contributed by atoms with Crippen LogP contribution in [-0.2, 0) is 11.3 Å². The predicted molar refractivity (Wildman–Crippen MR) is 60.1 cm³/mol. The molecule has 0 fully saturated rings. The summed E-state index contributed by atoms with van der Waals surface area (Å²) in [7, 11) is 1.67. The van der Waals surface area contributed by atoms with E-state index in [1.807, 2.05) is 35.0 Å². The number of rotatable bonds is 3. The van der Waals surface area contributed by atoms with Gasteiger partial charge in [0.1, 0.15) is 0 Å². The summed E-state index contributed by atoms with van der Waals surface area (Å²) in [6.45, 7) is 1.41. The number of nitrogens with zero attached hydrogens (tertiary/aromatic N) is 1. The average Bonchev–Trinajstić information content (AvgIpc) is 2.29. The number of hydrogen-bond acceptors (Lipinski definition) is 2. The van der Waals surface area contributed by atoms with Crippen LogP contribution < -0.4 is 5.43 Å². The Morgan fingerprint density at radius 1 is 1.27 bits per heavy atom. The van der Waals surface area contributed by atoms with Gasteiger partial charge in [-0.2, -0.15) is 0 Å². The number of hydrogen-bond donors (Lipinski definition) is 0. The minimum atomic E-state index is 0.0688. The van der Waals surface area contributed by atoms with Crippen molar-refractivity contribution in [2.24, 2.45) is 0 Å². The van der Waals surface area contributed by atoms with E-state index in [1.54, 1.807) is 13.2 Å². The molecule has 0 saturated carbocycles. The van der Waals surface area contributed by atoms with E-state index in [-0.39, 0.29) is 5.43 Å². The quantitative estimate of drug-likeness (QED) is 0.759. The molecule has 0 radical (unpaired) electrons. The Hall–Kier alpha value is -1.61. The van der Waals surface area contributed by atoms with E-state index in [0.29, 0.717) is 6.61 Å². The minimum absolute atomic E-state index is 0.0688. The Kier molecular flexibility index (Phi) is 2.83. The number of para-hydroxylation sites is 1. The largest absolute Gasteiger partial charge is 0.383 e. The fraction of sp³-hybridized carbons (Fsp3) is 0.250.